The van der Waals surface area contributed by atoms with Gasteiger partial charge < -0.3 is 9.05 Å². The molecule has 3 nitrogen and oxygen atoms in total. The molecule has 0 aliphatic carbocycles. The summed E-state index contributed by atoms with van der Waals surface area (Å²) in [4.78, 5) is 0. The number of hydrogen-bond donors (Lipinski definition) is 0. The van der Waals surface area contributed by atoms with E-state index in [9.17, 15) is 4.57 Å². The molecule has 0 saturated carbocycles. The molecule has 11 heavy (non-hydrogen) atoms. The quantitative estimate of drug-likeness (QED) is 0.446. The van der Waals surface area contributed by atoms with Gasteiger partial charge in [0.05, 0.1) is 18.2 Å². The standard InChI is InChI=1S/C7H11O3P/c1-4-7-5-11(8,9-3)10-6(7)2/h1,6-7H,5H2,2-3H3. The van der Waals surface area contributed by atoms with Crippen molar-refractivity contribution in [3.8, 4) is 12.3 Å². The molecule has 1 heterocycles. The highest BCUT2D eigenvalue weighted by molar-refractivity contribution is 7.54. The molecule has 1 saturated heterocycles. The Labute approximate surface area is 66.6 Å². The fourth-order valence-corrected chi connectivity index (χ4v) is 2.92. The van der Waals surface area contributed by atoms with Gasteiger partial charge in [-0.15, -0.1) is 6.42 Å². The van der Waals surface area contributed by atoms with Gasteiger partial charge in [0.1, 0.15) is 0 Å². The van der Waals surface area contributed by atoms with Crippen molar-refractivity contribution in [2.45, 2.75) is 13.0 Å². The molecule has 4 heteroatoms. The van der Waals surface area contributed by atoms with Crippen molar-refractivity contribution in [2.75, 3.05) is 13.3 Å². The van der Waals surface area contributed by atoms with Crippen molar-refractivity contribution in [1.29, 1.82) is 0 Å². The lowest BCUT2D eigenvalue weighted by Crippen LogP contribution is -2.09. The van der Waals surface area contributed by atoms with Gasteiger partial charge in [0.2, 0.25) is 0 Å². The van der Waals surface area contributed by atoms with Crippen LogP contribution in [0.15, 0.2) is 0 Å². The van der Waals surface area contributed by atoms with E-state index in [4.69, 9.17) is 15.5 Å². The zero-order chi connectivity index (χ0) is 8.48. The Balaban J connectivity index is 2.72. The molecular formula is C7H11O3P. The van der Waals surface area contributed by atoms with Gasteiger partial charge >= 0.3 is 7.60 Å². The first-order chi connectivity index (χ1) is 5.11. The van der Waals surface area contributed by atoms with Crippen molar-refractivity contribution >= 4 is 7.60 Å². The molecule has 1 aliphatic heterocycles. The van der Waals surface area contributed by atoms with Gasteiger partial charge in [-0.05, 0) is 6.92 Å². The fourth-order valence-electron chi connectivity index (χ4n) is 1.06. The first-order valence-corrected chi connectivity index (χ1v) is 5.13. The zero-order valence-electron chi connectivity index (χ0n) is 6.61. The van der Waals surface area contributed by atoms with Crippen molar-refractivity contribution in [3.05, 3.63) is 0 Å². The summed E-state index contributed by atoms with van der Waals surface area (Å²) in [6, 6.07) is 0. The Bertz CT molecular complexity index is 230. The third-order valence-electron chi connectivity index (χ3n) is 1.81. The van der Waals surface area contributed by atoms with Gasteiger partial charge in [0.25, 0.3) is 0 Å². The molecule has 0 N–H and O–H groups in total. The van der Waals surface area contributed by atoms with E-state index in [1.54, 1.807) is 0 Å². The van der Waals surface area contributed by atoms with Crippen LogP contribution in [-0.4, -0.2) is 19.4 Å². The lowest BCUT2D eigenvalue weighted by Gasteiger charge is -2.07. The highest BCUT2D eigenvalue weighted by Crippen LogP contribution is 2.56. The molecule has 3 atom stereocenters. The lowest BCUT2D eigenvalue weighted by atomic mass is 10.1. The van der Waals surface area contributed by atoms with Crippen molar-refractivity contribution in [2.24, 2.45) is 5.92 Å². The molecule has 0 spiro atoms. The minimum absolute atomic E-state index is 0.0687. The molecular weight excluding hydrogens is 163 g/mol. The van der Waals surface area contributed by atoms with Crippen LogP contribution < -0.4 is 0 Å². The van der Waals surface area contributed by atoms with Crippen LogP contribution in [0.25, 0.3) is 0 Å². The second-order valence-electron chi connectivity index (χ2n) is 2.56. The van der Waals surface area contributed by atoms with Crippen LogP contribution in [0.5, 0.6) is 0 Å². The van der Waals surface area contributed by atoms with Crippen LogP contribution in [0.3, 0.4) is 0 Å². The van der Waals surface area contributed by atoms with Gasteiger partial charge in [-0.1, -0.05) is 5.92 Å². The fraction of sp³-hybridized carbons (Fsp3) is 0.714. The molecule has 0 aromatic rings. The average molecular weight is 174 g/mol. The van der Waals surface area contributed by atoms with Crippen LogP contribution in [0.4, 0.5) is 0 Å². The monoisotopic (exact) mass is 174 g/mol. The summed E-state index contributed by atoms with van der Waals surface area (Å²) in [6.07, 6.45) is 5.39. The molecule has 1 aliphatic rings. The Kier molecular flexibility index (Phi) is 2.39. The van der Waals surface area contributed by atoms with E-state index in [0.29, 0.717) is 6.16 Å². The van der Waals surface area contributed by atoms with E-state index >= 15 is 0 Å². The van der Waals surface area contributed by atoms with E-state index in [-0.39, 0.29) is 12.0 Å². The summed E-state index contributed by atoms with van der Waals surface area (Å²) in [5.74, 6) is 2.46. The molecule has 62 valence electrons. The molecule has 3 unspecified atom stereocenters. The summed E-state index contributed by atoms with van der Waals surface area (Å²) in [5, 5.41) is 0. The van der Waals surface area contributed by atoms with E-state index in [2.05, 4.69) is 5.92 Å². The van der Waals surface area contributed by atoms with Crippen LogP contribution in [-0.2, 0) is 13.6 Å². The maximum atomic E-state index is 11.4. The zero-order valence-corrected chi connectivity index (χ0v) is 7.51. The topological polar surface area (TPSA) is 35.5 Å². The van der Waals surface area contributed by atoms with E-state index in [1.165, 1.54) is 7.11 Å². The maximum Gasteiger partial charge on any atom is 0.332 e. The molecule has 1 rings (SSSR count). The SMILES string of the molecule is C#CC1CP(=O)(OC)OC1C. The maximum absolute atomic E-state index is 11.4. The van der Waals surface area contributed by atoms with Crippen LogP contribution in [0, 0.1) is 18.3 Å². The summed E-state index contributed by atoms with van der Waals surface area (Å²) in [7, 11) is -1.44. The van der Waals surface area contributed by atoms with E-state index < -0.39 is 7.60 Å². The number of terminal acetylenes is 1. The first-order valence-electron chi connectivity index (χ1n) is 3.40. The normalized spacial score (nSPS) is 43.7. The van der Waals surface area contributed by atoms with Gasteiger partial charge in [-0.25, -0.2) is 0 Å². The largest absolute Gasteiger partial charge is 0.332 e. The van der Waals surface area contributed by atoms with Crippen molar-refractivity contribution in [1.82, 2.24) is 0 Å². The predicted molar refractivity (Wildman–Crippen MR) is 42.4 cm³/mol. The van der Waals surface area contributed by atoms with E-state index in [0.717, 1.165) is 0 Å². The summed E-state index contributed by atoms with van der Waals surface area (Å²) in [5.41, 5.74) is 0. The Morgan fingerprint density at radius 2 is 2.45 bits per heavy atom. The smallest absolute Gasteiger partial charge is 0.312 e. The lowest BCUT2D eigenvalue weighted by molar-refractivity contribution is 0.192. The van der Waals surface area contributed by atoms with Crippen molar-refractivity contribution < 1.29 is 13.6 Å². The van der Waals surface area contributed by atoms with Crippen LogP contribution in [0.1, 0.15) is 6.92 Å². The summed E-state index contributed by atoms with van der Waals surface area (Å²) in [6.45, 7) is 1.81. The Morgan fingerprint density at radius 1 is 1.82 bits per heavy atom. The minimum Gasteiger partial charge on any atom is -0.312 e. The van der Waals surface area contributed by atoms with E-state index in [1.807, 2.05) is 6.92 Å². The van der Waals surface area contributed by atoms with Crippen LogP contribution in [0.2, 0.25) is 0 Å². The predicted octanol–water partition coefficient (Wildman–Crippen LogP) is 1.49. The van der Waals surface area contributed by atoms with Gasteiger partial charge in [-0.2, -0.15) is 0 Å². The number of rotatable bonds is 1. The average Bonchev–Trinajstić information content (AvgIpc) is 2.27. The number of hydrogen-bond acceptors (Lipinski definition) is 3. The molecule has 1 fully saturated rings. The third kappa shape index (κ3) is 1.65. The van der Waals surface area contributed by atoms with Gasteiger partial charge in [0, 0.05) is 7.11 Å². The third-order valence-corrected chi connectivity index (χ3v) is 3.86. The molecule has 0 bridgehead atoms. The second-order valence-corrected chi connectivity index (χ2v) is 4.72. The van der Waals surface area contributed by atoms with Crippen LogP contribution >= 0.6 is 7.60 Å². The Hall–Kier alpha value is -0.290. The Morgan fingerprint density at radius 3 is 2.73 bits per heavy atom. The van der Waals surface area contributed by atoms with Crippen molar-refractivity contribution in [3.63, 3.8) is 0 Å². The second kappa shape index (κ2) is 2.98. The first kappa shape index (κ1) is 8.80. The highest BCUT2D eigenvalue weighted by Gasteiger charge is 2.40. The molecule has 0 radical (unpaired) electrons. The minimum atomic E-state index is -2.82. The molecule has 0 amide bonds. The van der Waals surface area contributed by atoms with Gasteiger partial charge in [0.15, 0.2) is 0 Å². The molecule has 0 aromatic carbocycles. The highest BCUT2D eigenvalue weighted by atomic mass is 31.2. The summed E-state index contributed by atoms with van der Waals surface area (Å²) >= 11 is 0. The summed E-state index contributed by atoms with van der Waals surface area (Å²) < 4.78 is 21.3. The molecule has 0 aromatic heterocycles. The van der Waals surface area contributed by atoms with Gasteiger partial charge in [-0.3, -0.25) is 4.57 Å².